The molecular weight excluding hydrogens is 160 g/mol. The van der Waals surface area contributed by atoms with Gasteiger partial charge in [-0.25, -0.2) is 0 Å². The van der Waals surface area contributed by atoms with Crippen LogP contribution in [0, 0.1) is 11.3 Å². The van der Waals surface area contributed by atoms with E-state index in [4.69, 9.17) is 4.74 Å². The van der Waals surface area contributed by atoms with Gasteiger partial charge in [0.05, 0.1) is 0 Å². The maximum Gasteiger partial charge on any atom is 0.0468 e. The van der Waals surface area contributed by atoms with Crippen LogP contribution >= 0.6 is 0 Å². The average Bonchev–Trinajstić information content (AvgIpc) is 1.94. The highest BCUT2D eigenvalue weighted by molar-refractivity contribution is 4.65. The van der Waals surface area contributed by atoms with E-state index < -0.39 is 0 Å². The van der Waals surface area contributed by atoms with Gasteiger partial charge in [0.1, 0.15) is 0 Å². The maximum absolute atomic E-state index is 5.47. The topological polar surface area (TPSA) is 9.23 Å². The summed E-state index contributed by atoms with van der Waals surface area (Å²) >= 11 is 0. The first-order valence-electron chi connectivity index (χ1n) is 5.53. The highest BCUT2D eigenvalue weighted by Crippen LogP contribution is 2.25. The third kappa shape index (κ3) is 9.88. The Balaban J connectivity index is 3.35. The zero-order chi connectivity index (χ0) is 10.3. The van der Waals surface area contributed by atoms with E-state index in [1.54, 1.807) is 0 Å². The first kappa shape index (κ1) is 13.0. The molecule has 1 unspecified atom stereocenters. The fourth-order valence-corrected chi connectivity index (χ4v) is 1.68. The normalized spacial score (nSPS) is 14.5. The largest absolute Gasteiger partial charge is 0.381 e. The van der Waals surface area contributed by atoms with Gasteiger partial charge in [0.25, 0.3) is 0 Å². The van der Waals surface area contributed by atoms with Crippen LogP contribution < -0.4 is 0 Å². The van der Waals surface area contributed by atoms with Crippen molar-refractivity contribution in [1.29, 1.82) is 0 Å². The molecule has 1 nitrogen and oxygen atoms in total. The molecule has 0 aromatic heterocycles. The Labute approximate surface area is 83.9 Å². The second-order valence-electron chi connectivity index (χ2n) is 5.27. The van der Waals surface area contributed by atoms with Crippen molar-refractivity contribution in [1.82, 2.24) is 0 Å². The molecule has 0 aliphatic heterocycles. The van der Waals surface area contributed by atoms with Crippen molar-refractivity contribution in [2.45, 2.75) is 53.9 Å². The molecule has 0 fully saturated rings. The lowest BCUT2D eigenvalue weighted by atomic mass is 9.84. The second kappa shape index (κ2) is 6.42. The van der Waals surface area contributed by atoms with Crippen molar-refractivity contribution in [2.75, 3.05) is 13.2 Å². The summed E-state index contributed by atoms with van der Waals surface area (Å²) in [5.74, 6) is 0.789. The lowest BCUT2D eigenvalue weighted by Crippen LogP contribution is -2.12. The van der Waals surface area contributed by atoms with Gasteiger partial charge >= 0.3 is 0 Å². The molecule has 0 bridgehead atoms. The molecule has 1 atom stereocenters. The summed E-state index contributed by atoms with van der Waals surface area (Å²) in [4.78, 5) is 0. The highest BCUT2D eigenvalue weighted by atomic mass is 16.5. The maximum atomic E-state index is 5.47. The standard InChI is InChI=1S/C12H26O/c1-6-8-13-9-7-11(2)10-12(3,4)5/h11H,6-10H2,1-5H3. The van der Waals surface area contributed by atoms with Crippen LogP contribution in [-0.4, -0.2) is 13.2 Å². The van der Waals surface area contributed by atoms with Crippen LogP contribution in [-0.2, 0) is 4.74 Å². The number of ether oxygens (including phenoxy) is 1. The van der Waals surface area contributed by atoms with Crippen molar-refractivity contribution in [3.8, 4) is 0 Å². The van der Waals surface area contributed by atoms with Crippen molar-refractivity contribution in [3.63, 3.8) is 0 Å². The summed E-state index contributed by atoms with van der Waals surface area (Å²) in [7, 11) is 0. The van der Waals surface area contributed by atoms with Crippen molar-refractivity contribution < 1.29 is 4.74 Å². The van der Waals surface area contributed by atoms with E-state index in [2.05, 4.69) is 34.6 Å². The van der Waals surface area contributed by atoms with Crippen LogP contribution in [0.3, 0.4) is 0 Å². The molecule has 0 aromatic carbocycles. The summed E-state index contributed by atoms with van der Waals surface area (Å²) in [5, 5.41) is 0. The molecule has 0 aromatic rings. The Kier molecular flexibility index (Phi) is 6.40. The number of hydrogen-bond donors (Lipinski definition) is 0. The van der Waals surface area contributed by atoms with E-state index in [-0.39, 0.29) is 0 Å². The molecule has 0 saturated carbocycles. The number of hydrogen-bond acceptors (Lipinski definition) is 1. The summed E-state index contributed by atoms with van der Waals surface area (Å²) in [6, 6.07) is 0. The van der Waals surface area contributed by atoms with E-state index in [1.165, 1.54) is 12.8 Å². The SMILES string of the molecule is CCCOCCC(C)CC(C)(C)C. The Morgan fingerprint density at radius 2 is 1.77 bits per heavy atom. The summed E-state index contributed by atoms with van der Waals surface area (Å²) in [6.07, 6.45) is 3.63. The van der Waals surface area contributed by atoms with Crippen LogP contribution in [0.4, 0.5) is 0 Å². The predicted molar refractivity (Wildman–Crippen MR) is 59.0 cm³/mol. The minimum atomic E-state index is 0.462. The lowest BCUT2D eigenvalue weighted by Gasteiger charge is -2.23. The molecule has 0 heterocycles. The van der Waals surface area contributed by atoms with Gasteiger partial charge < -0.3 is 4.74 Å². The molecule has 0 rings (SSSR count). The Morgan fingerprint density at radius 3 is 2.23 bits per heavy atom. The van der Waals surface area contributed by atoms with Crippen LogP contribution in [0.2, 0.25) is 0 Å². The predicted octanol–water partition coefficient (Wildman–Crippen LogP) is 3.88. The Bertz CT molecular complexity index is 113. The quantitative estimate of drug-likeness (QED) is 0.572. The molecule has 0 saturated heterocycles. The van der Waals surface area contributed by atoms with Crippen molar-refractivity contribution >= 4 is 0 Å². The van der Waals surface area contributed by atoms with E-state index in [0.717, 1.165) is 25.6 Å². The monoisotopic (exact) mass is 186 g/mol. The van der Waals surface area contributed by atoms with Crippen LogP contribution in [0.1, 0.15) is 53.9 Å². The van der Waals surface area contributed by atoms with Crippen LogP contribution in [0.15, 0.2) is 0 Å². The fraction of sp³-hybridized carbons (Fsp3) is 1.00. The fourth-order valence-electron chi connectivity index (χ4n) is 1.68. The molecule has 0 N–H and O–H groups in total. The third-order valence-corrected chi connectivity index (χ3v) is 2.06. The van der Waals surface area contributed by atoms with Crippen molar-refractivity contribution in [2.24, 2.45) is 11.3 Å². The number of rotatable bonds is 6. The van der Waals surface area contributed by atoms with Gasteiger partial charge in [-0.15, -0.1) is 0 Å². The first-order chi connectivity index (χ1) is 5.95. The molecule has 0 amide bonds. The van der Waals surface area contributed by atoms with Gasteiger partial charge in [0, 0.05) is 13.2 Å². The van der Waals surface area contributed by atoms with E-state index >= 15 is 0 Å². The molecule has 1 heteroatoms. The first-order valence-corrected chi connectivity index (χ1v) is 5.53. The van der Waals surface area contributed by atoms with E-state index in [9.17, 15) is 0 Å². The molecule has 0 spiro atoms. The van der Waals surface area contributed by atoms with Crippen LogP contribution in [0.25, 0.3) is 0 Å². The lowest BCUT2D eigenvalue weighted by molar-refractivity contribution is 0.116. The molecular formula is C12H26O. The summed E-state index contributed by atoms with van der Waals surface area (Å²) < 4.78 is 5.47. The zero-order valence-electron chi connectivity index (χ0n) is 10.0. The highest BCUT2D eigenvalue weighted by Gasteiger charge is 2.14. The van der Waals surface area contributed by atoms with Gasteiger partial charge in [-0.2, -0.15) is 0 Å². The Hall–Kier alpha value is -0.0400. The summed E-state index contributed by atoms with van der Waals surface area (Å²) in [5.41, 5.74) is 0.462. The smallest absolute Gasteiger partial charge is 0.0468 e. The second-order valence-corrected chi connectivity index (χ2v) is 5.27. The van der Waals surface area contributed by atoms with Gasteiger partial charge in [0.2, 0.25) is 0 Å². The summed E-state index contributed by atoms with van der Waals surface area (Å²) in [6.45, 7) is 13.2. The average molecular weight is 186 g/mol. The molecule has 0 radical (unpaired) electrons. The molecule has 13 heavy (non-hydrogen) atoms. The minimum Gasteiger partial charge on any atom is -0.381 e. The van der Waals surface area contributed by atoms with Crippen LogP contribution in [0.5, 0.6) is 0 Å². The van der Waals surface area contributed by atoms with Gasteiger partial charge in [-0.1, -0.05) is 34.6 Å². The van der Waals surface area contributed by atoms with Crippen molar-refractivity contribution in [3.05, 3.63) is 0 Å². The molecule has 0 aliphatic rings. The molecule has 0 aliphatic carbocycles. The minimum absolute atomic E-state index is 0.462. The van der Waals surface area contributed by atoms with Gasteiger partial charge in [0.15, 0.2) is 0 Å². The molecule has 80 valence electrons. The van der Waals surface area contributed by atoms with E-state index in [1.807, 2.05) is 0 Å². The van der Waals surface area contributed by atoms with Gasteiger partial charge in [-0.3, -0.25) is 0 Å². The third-order valence-electron chi connectivity index (χ3n) is 2.06. The van der Waals surface area contributed by atoms with Gasteiger partial charge in [-0.05, 0) is 30.6 Å². The van der Waals surface area contributed by atoms with E-state index in [0.29, 0.717) is 5.41 Å². The zero-order valence-corrected chi connectivity index (χ0v) is 10.0. The Morgan fingerprint density at radius 1 is 1.15 bits per heavy atom.